The van der Waals surface area contributed by atoms with Crippen LogP contribution in [0, 0.1) is 0 Å². The highest BCUT2D eigenvalue weighted by atomic mass is 79.9. The molecule has 0 unspecified atom stereocenters. The molecule has 0 N–H and O–H groups in total. The molecule has 1 aromatic carbocycles. The van der Waals surface area contributed by atoms with E-state index in [9.17, 15) is 0 Å². The van der Waals surface area contributed by atoms with E-state index in [2.05, 4.69) is 20.9 Å². The van der Waals surface area contributed by atoms with Gasteiger partial charge in [-0.1, -0.05) is 11.6 Å². The number of nitrogens with zero attached hydrogens (tertiary/aromatic N) is 1. The number of hydrogen-bond acceptors (Lipinski definition) is 3. The van der Waals surface area contributed by atoms with Crippen molar-refractivity contribution in [3.8, 4) is 22.8 Å². The molecule has 18 heavy (non-hydrogen) atoms. The number of aromatic nitrogens is 1. The summed E-state index contributed by atoms with van der Waals surface area (Å²) in [5.41, 5.74) is 1.61. The van der Waals surface area contributed by atoms with E-state index in [-0.39, 0.29) is 0 Å². The van der Waals surface area contributed by atoms with Gasteiger partial charge >= 0.3 is 0 Å². The molecule has 0 fully saturated rings. The molecule has 0 saturated heterocycles. The summed E-state index contributed by atoms with van der Waals surface area (Å²) in [5.74, 6) is 1.38. The molecule has 1 aromatic heterocycles. The van der Waals surface area contributed by atoms with Crippen LogP contribution in [0.4, 0.5) is 0 Å². The first-order chi connectivity index (χ1) is 8.67. The van der Waals surface area contributed by atoms with Crippen LogP contribution in [0.3, 0.4) is 0 Å². The molecule has 3 nitrogen and oxygen atoms in total. The van der Waals surface area contributed by atoms with Crippen molar-refractivity contribution in [2.24, 2.45) is 0 Å². The molecule has 0 spiro atoms. The second-order valence-corrected chi connectivity index (χ2v) is 4.75. The second kappa shape index (κ2) is 5.59. The maximum absolute atomic E-state index is 5.97. The Labute approximate surface area is 119 Å². The van der Waals surface area contributed by atoms with E-state index in [1.54, 1.807) is 32.5 Å². The third-order valence-corrected chi connectivity index (χ3v) is 3.47. The van der Waals surface area contributed by atoms with Crippen molar-refractivity contribution in [3.63, 3.8) is 0 Å². The molecule has 0 aliphatic carbocycles. The largest absolute Gasteiger partial charge is 0.495 e. The van der Waals surface area contributed by atoms with Crippen LogP contribution >= 0.6 is 27.5 Å². The zero-order valence-corrected chi connectivity index (χ0v) is 12.2. The van der Waals surface area contributed by atoms with Crippen LogP contribution in [-0.2, 0) is 0 Å². The SMILES string of the molecule is COc1ccc(-c2cc(Cl)ccn2)c(OC)c1Br. The number of methoxy groups -OCH3 is 2. The van der Waals surface area contributed by atoms with E-state index in [4.69, 9.17) is 21.1 Å². The van der Waals surface area contributed by atoms with E-state index in [0.717, 1.165) is 15.7 Å². The predicted octanol–water partition coefficient (Wildman–Crippen LogP) is 4.18. The van der Waals surface area contributed by atoms with Crippen molar-refractivity contribution >= 4 is 27.5 Å². The molecule has 1 heterocycles. The zero-order chi connectivity index (χ0) is 13.1. The molecule has 0 bridgehead atoms. The smallest absolute Gasteiger partial charge is 0.146 e. The minimum Gasteiger partial charge on any atom is -0.495 e. The summed E-state index contributed by atoms with van der Waals surface area (Å²) in [7, 11) is 3.21. The number of benzene rings is 1. The Morgan fingerprint density at radius 3 is 2.56 bits per heavy atom. The van der Waals surface area contributed by atoms with Crippen molar-refractivity contribution in [2.75, 3.05) is 14.2 Å². The van der Waals surface area contributed by atoms with Gasteiger partial charge in [0.15, 0.2) is 0 Å². The summed E-state index contributed by atoms with van der Waals surface area (Å²) >= 11 is 9.43. The molecule has 0 atom stereocenters. The maximum Gasteiger partial charge on any atom is 0.146 e. The van der Waals surface area contributed by atoms with Crippen molar-refractivity contribution < 1.29 is 9.47 Å². The standard InChI is InChI=1S/C13H11BrClNO2/c1-17-11-4-3-9(13(18-2)12(11)14)10-7-8(15)5-6-16-10/h3-7H,1-2H3. The van der Waals surface area contributed by atoms with Gasteiger partial charge < -0.3 is 9.47 Å². The highest BCUT2D eigenvalue weighted by molar-refractivity contribution is 9.10. The molecule has 0 amide bonds. The first-order valence-electron chi connectivity index (χ1n) is 5.19. The summed E-state index contributed by atoms with van der Waals surface area (Å²) in [4.78, 5) is 4.29. The normalized spacial score (nSPS) is 10.2. The van der Waals surface area contributed by atoms with Crippen molar-refractivity contribution in [3.05, 3.63) is 40.0 Å². The lowest BCUT2D eigenvalue weighted by atomic mass is 10.1. The fraction of sp³-hybridized carbons (Fsp3) is 0.154. The molecule has 5 heteroatoms. The van der Waals surface area contributed by atoms with Crippen molar-refractivity contribution in [2.45, 2.75) is 0 Å². The van der Waals surface area contributed by atoms with Gasteiger partial charge in [0, 0.05) is 16.8 Å². The molecular formula is C13H11BrClNO2. The minimum atomic E-state index is 0.633. The molecule has 0 aliphatic rings. The quantitative estimate of drug-likeness (QED) is 0.847. The van der Waals surface area contributed by atoms with Gasteiger partial charge in [-0.15, -0.1) is 0 Å². The summed E-state index contributed by atoms with van der Waals surface area (Å²) in [6.07, 6.45) is 1.66. The van der Waals surface area contributed by atoms with Gasteiger partial charge in [-0.25, -0.2) is 0 Å². The van der Waals surface area contributed by atoms with Gasteiger partial charge in [0.2, 0.25) is 0 Å². The van der Waals surface area contributed by atoms with Crippen LogP contribution in [0.1, 0.15) is 0 Å². The van der Waals surface area contributed by atoms with Gasteiger partial charge in [0.25, 0.3) is 0 Å². The van der Waals surface area contributed by atoms with E-state index < -0.39 is 0 Å². The lowest BCUT2D eigenvalue weighted by molar-refractivity contribution is 0.390. The Morgan fingerprint density at radius 2 is 1.94 bits per heavy atom. The lowest BCUT2D eigenvalue weighted by Gasteiger charge is -2.13. The molecule has 2 aromatic rings. The number of pyridine rings is 1. The average Bonchev–Trinajstić information content (AvgIpc) is 2.38. The number of ether oxygens (including phenoxy) is 2. The summed E-state index contributed by atoms with van der Waals surface area (Å²) in [5, 5.41) is 0.633. The third-order valence-electron chi connectivity index (χ3n) is 2.48. The van der Waals surface area contributed by atoms with E-state index in [0.29, 0.717) is 16.5 Å². The Bertz CT molecular complexity index is 575. The maximum atomic E-state index is 5.97. The van der Waals surface area contributed by atoms with Crippen LogP contribution in [0.25, 0.3) is 11.3 Å². The average molecular weight is 329 g/mol. The van der Waals surface area contributed by atoms with Gasteiger partial charge in [-0.05, 0) is 40.2 Å². The molecule has 0 saturated carbocycles. The van der Waals surface area contributed by atoms with Gasteiger partial charge in [0.05, 0.1) is 19.9 Å². The summed E-state index contributed by atoms with van der Waals surface area (Å²) in [6, 6.07) is 7.26. The summed E-state index contributed by atoms with van der Waals surface area (Å²) in [6.45, 7) is 0. The third kappa shape index (κ3) is 2.44. The van der Waals surface area contributed by atoms with E-state index in [1.165, 1.54) is 0 Å². The number of hydrogen-bond donors (Lipinski definition) is 0. The number of halogens is 2. The first-order valence-corrected chi connectivity index (χ1v) is 6.37. The minimum absolute atomic E-state index is 0.633. The lowest BCUT2D eigenvalue weighted by Crippen LogP contribution is -1.94. The molecule has 0 radical (unpaired) electrons. The summed E-state index contributed by atoms with van der Waals surface area (Å²) < 4.78 is 11.4. The fourth-order valence-corrected chi connectivity index (χ4v) is 2.48. The van der Waals surface area contributed by atoms with Crippen molar-refractivity contribution in [1.82, 2.24) is 4.98 Å². The molecular weight excluding hydrogens is 318 g/mol. The Kier molecular flexibility index (Phi) is 4.09. The zero-order valence-electron chi connectivity index (χ0n) is 9.91. The van der Waals surface area contributed by atoms with Crippen LogP contribution in [0.15, 0.2) is 34.9 Å². The van der Waals surface area contributed by atoms with Crippen LogP contribution in [0.2, 0.25) is 5.02 Å². The van der Waals surface area contributed by atoms with E-state index >= 15 is 0 Å². The topological polar surface area (TPSA) is 31.4 Å². The van der Waals surface area contributed by atoms with E-state index in [1.807, 2.05) is 12.1 Å². The highest BCUT2D eigenvalue weighted by Crippen LogP contribution is 2.41. The fourth-order valence-electron chi connectivity index (χ4n) is 1.65. The van der Waals surface area contributed by atoms with Gasteiger partial charge in [-0.2, -0.15) is 0 Å². The second-order valence-electron chi connectivity index (χ2n) is 3.52. The Hall–Kier alpha value is -1.26. The predicted molar refractivity (Wildman–Crippen MR) is 75.5 cm³/mol. The van der Waals surface area contributed by atoms with Gasteiger partial charge in [0.1, 0.15) is 16.0 Å². The molecule has 94 valence electrons. The Balaban J connectivity index is 2.61. The number of rotatable bonds is 3. The molecule has 0 aliphatic heterocycles. The van der Waals surface area contributed by atoms with Crippen molar-refractivity contribution in [1.29, 1.82) is 0 Å². The van der Waals surface area contributed by atoms with Crippen LogP contribution < -0.4 is 9.47 Å². The van der Waals surface area contributed by atoms with Crippen LogP contribution in [-0.4, -0.2) is 19.2 Å². The van der Waals surface area contributed by atoms with Crippen LogP contribution in [0.5, 0.6) is 11.5 Å². The highest BCUT2D eigenvalue weighted by Gasteiger charge is 2.14. The monoisotopic (exact) mass is 327 g/mol. The molecule has 2 rings (SSSR count). The Morgan fingerprint density at radius 1 is 1.17 bits per heavy atom. The van der Waals surface area contributed by atoms with Gasteiger partial charge in [-0.3, -0.25) is 4.98 Å². The first kappa shape index (κ1) is 13.2.